The number of rotatable bonds is 14. The van der Waals surface area contributed by atoms with Gasteiger partial charge in [-0.3, -0.25) is 13.9 Å². The van der Waals surface area contributed by atoms with E-state index in [0.717, 1.165) is 27.4 Å². The summed E-state index contributed by atoms with van der Waals surface area (Å²) in [6.07, 6.45) is 1.24. The van der Waals surface area contributed by atoms with Crippen molar-refractivity contribution in [3.63, 3.8) is 0 Å². The number of nitrogens with one attached hydrogen (secondary N) is 1. The Balaban J connectivity index is 2.06. The molecule has 10 heteroatoms. The third-order valence-electron chi connectivity index (χ3n) is 7.37. The first-order valence-corrected chi connectivity index (χ1v) is 15.8. The minimum atomic E-state index is -4.26. The quantitative estimate of drug-likeness (QED) is 0.279. The van der Waals surface area contributed by atoms with E-state index in [1.54, 1.807) is 19.1 Å². The van der Waals surface area contributed by atoms with Crippen molar-refractivity contribution in [2.45, 2.75) is 64.4 Å². The Labute approximate surface area is 255 Å². The van der Waals surface area contributed by atoms with Crippen LogP contribution in [0.25, 0.3) is 0 Å². The molecule has 9 nitrogen and oxygen atoms in total. The van der Waals surface area contributed by atoms with E-state index in [2.05, 4.69) is 5.32 Å². The molecule has 2 atom stereocenters. The van der Waals surface area contributed by atoms with Gasteiger partial charge in [-0.15, -0.1) is 0 Å². The third-order valence-corrected chi connectivity index (χ3v) is 9.14. The number of hydrogen-bond donors (Lipinski definition) is 1. The highest BCUT2D eigenvalue weighted by atomic mass is 32.2. The molecule has 0 bridgehead atoms. The molecule has 2 unspecified atom stereocenters. The number of aryl methyl sites for hydroxylation is 2. The molecule has 0 fully saturated rings. The van der Waals surface area contributed by atoms with Crippen LogP contribution in [0.1, 0.15) is 43.9 Å². The Morgan fingerprint density at radius 2 is 1.51 bits per heavy atom. The molecule has 0 spiro atoms. The second-order valence-electron chi connectivity index (χ2n) is 10.7. The minimum absolute atomic E-state index is 0.0597. The molecule has 232 valence electrons. The third kappa shape index (κ3) is 8.50. The highest BCUT2D eigenvalue weighted by Crippen LogP contribution is 2.33. The maximum Gasteiger partial charge on any atom is 0.264 e. The predicted molar refractivity (Wildman–Crippen MR) is 169 cm³/mol. The topological polar surface area (TPSA) is 105 Å². The average molecular weight is 610 g/mol. The number of carbonyl (C=O) groups is 2. The highest BCUT2D eigenvalue weighted by molar-refractivity contribution is 7.92. The smallest absolute Gasteiger partial charge is 0.264 e. The van der Waals surface area contributed by atoms with E-state index in [1.165, 1.54) is 37.3 Å². The summed E-state index contributed by atoms with van der Waals surface area (Å²) in [7, 11) is -1.37. The lowest BCUT2D eigenvalue weighted by atomic mass is 10.1. The molecule has 0 aliphatic carbocycles. The van der Waals surface area contributed by atoms with E-state index in [4.69, 9.17) is 9.47 Å². The van der Waals surface area contributed by atoms with Crippen LogP contribution < -0.4 is 19.1 Å². The van der Waals surface area contributed by atoms with Gasteiger partial charge in [0.25, 0.3) is 10.0 Å². The van der Waals surface area contributed by atoms with Gasteiger partial charge in [-0.1, -0.05) is 43.3 Å². The van der Waals surface area contributed by atoms with Crippen LogP contribution in [0.4, 0.5) is 5.69 Å². The van der Waals surface area contributed by atoms with Crippen molar-refractivity contribution in [1.82, 2.24) is 10.2 Å². The molecule has 0 aliphatic heterocycles. The van der Waals surface area contributed by atoms with Crippen LogP contribution in [0.5, 0.6) is 11.5 Å². The second-order valence-corrected chi connectivity index (χ2v) is 12.6. The molecular weight excluding hydrogens is 566 g/mol. The summed E-state index contributed by atoms with van der Waals surface area (Å²) in [6.45, 7) is 9.00. The fraction of sp³-hybridized carbons (Fsp3) is 0.394. The molecule has 3 aromatic rings. The zero-order chi connectivity index (χ0) is 31.7. The second kappa shape index (κ2) is 14.9. The Morgan fingerprint density at radius 3 is 2.09 bits per heavy atom. The van der Waals surface area contributed by atoms with Crippen LogP contribution >= 0.6 is 0 Å². The SMILES string of the molecule is CCC(C)NC(=O)C(C)N(CCc1ccccc1)C(=O)CN(c1cc(C)cc(C)c1)S(=O)(=O)c1ccc(OC)c(OC)c1. The van der Waals surface area contributed by atoms with Gasteiger partial charge in [-0.2, -0.15) is 0 Å². The number of nitrogens with zero attached hydrogens (tertiary/aromatic N) is 2. The minimum Gasteiger partial charge on any atom is -0.493 e. The molecule has 3 rings (SSSR count). The van der Waals surface area contributed by atoms with Gasteiger partial charge >= 0.3 is 0 Å². The van der Waals surface area contributed by atoms with Gasteiger partial charge in [0, 0.05) is 18.7 Å². The summed E-state index contributed by atoms with van der Waals surface area (Å²) >= 11 is 0. The Hall–Kier alpha value is -4.05. The van der Waals surface area contributed by atoms with E-state index >= 15 is 0 Å². The van der Waals surface area contributed by atoms with Crippen molar-refractivity contribution in [1.29, 1.82) is 0 Å². The van der Waals surface area contributed by atoms with Gasteiger partial charge in [0.2, 0.25) is 11.8 Å². The lowest BCUT2D eigenvalue weighted by Gasteiger charge is -2.32. The molecule has 3 aromatic carbocycles. The first kappa shape index (κ1) is 33.5. The van der Waals surface area contributed by atoms with E-state index < -0.39 is 28.5 Å². The highest BCUT2D eigenvalue weighted by Gasteiger charge is 2.33. The monoisotopic (exact) mass is 609 g/mol. The number of sulfonamides is 1. The van der Waals surface area contributed by atoms with Crippen LogP contribution in [-0.2, 0) is 26.0 Å². The van der Waals surface area contributed by atoms with Crippen molar-refractivity contribution in [3.8, 4) is 11.5 Å². The maximum atomic E-state index is 14.2. The van der Waals surface area contributed by atoms with Gasteiger partial charge in [0.15, 0.2) is 11.5 Å². The van der Waals surface area contributed by atoms with E-state index in [-0.39, 0.29) is 29.1 Å². The Morgan fingerprint density at radius 1 is 0.884 bits per heavy atom. The average Bonchev–Trinajstić information content (AvgIpc) is 2.99. The first-order chi connectivity index (χ1) is 20.4. The molecule has 0 aromatic heterocycles. The lowest BCUT2D eigenvalue weighted by molar-refractivity contribution is -0.139. The molecule has 0 aliphatic rings. The summed E-state index contributed by atoms with van der Waals surface area (Å²) in [6, 6.07) is 18.5. The lowest BCUT2D eigenvalue weighted by Crippen LogP contribution is -2.53. The standard InChI is InChI=1S/C33H43N3O6S/c1-8-25(4)34-33(38)26(5)35(17-16-27-12-10-9-11-13-27)32(37)22-36(28-19-23(2)18-24(3)20-28)43(39,40)29-14-15-30(41-6)31(21-29)42-7/h9-15,18-21,25-26H,8,16-17,22H2,1-7H3,(H,34,38). The summed E-state index contributed by atoms with van der Waals surface area (Å²) in [5, 5.41) is 2.95. The maximum absolute atomic E-state index is 14.2. The molecule has 2 amide bonds. The van der Waals surface area contributed by atoms with Crippen LogP contribution in [0, 0.1) is 13.8 Å². The first-order valence-electron chi connectivity index (χ1n) is 14.4. The van der Waals surface area contributed by atoms with Crippen molar-refractivity contribution in [2.75, 3.05) is 31.6 Å². The number of ether oxygens (including phenoxy) is 2. The zero-order valence-corrected chi connectivity index (χ0v) is 26.9. The van der Waals surface area contributed by atoms with Crippen molar-refractivity contribution in [3.05, 3.63) is 83.4 Å². The number of anilines is 1. The normalized spacial score (nSPS) is 12.6. The van der Waals surface area contributed by atoms with E-state index in [0.29, 0.717) is 17.9 Å². The molecule has 0 saturated carbocycles. The van der Waals surface area contributed by atoms with E-state index in [1.807, 2.05) is 64.1 Å². The van der Waals surface area contributed by atoms with Crippen LogP contribution in [0.2, 0.25) is 0 Å². The molecule has 0 heterocycles. The predicted octanol–water partition coefficient (Wildman–Crippen LogP) is 4.89. The van der Waals surface area contributed by atoms with Crippen molar-refractivity contribution < 1.29 is 27.5 Å². The molecule has 0 radical (unpaired) electrons. The largest absolute Gasteiger partial charge is 0.493 e. The number of methoxy groups -OCH3 is 2. The summed E-state index contributed by atoms with van der Waals surface area (Å²) in [4.78, 5) is 28.7. The van der Waals surface area contributed by atoms with Gasteiger partial charge in [-0.25, -0.2) is 8.42 Å². The summed E-state index contributed by atoms with van der Waals surface area (Å²) < 4.78 is 40.2. The van der Waals surface area contributed by atoms with Gasteiger partial charge in [-0.05, 0) is 81.5 Å². The molecule has 43 heavy (non-hydrogen) atoms. The molecule has 1 N–H and O–H groups in total. The van der Waals surface area contributed by atoms with E-state index in [9.17, 15) is 18.0 Å². The Bertz CT molecular complexity index is 1490. The summed E-state index contributed by atoms with van der Waals surface area (Å²) in [5.41, 5.74) is 3.04. The number of benzene rings is 3. The number of amides is 2. The molecule has 0 saturated heterocycles. The van der Waals surface area contributed by atoms with Gasteiger partial charge in [0.1, 0.15) is 12.6 Å². The Kier molecular flexibility index (Phi) is 11.6. The fourth-order valence-corrected chi connectivity index (χ4v) is 6.18. The van der Waals surface area contributed by atoms with Crippen molar-refractivity contribution in [2.24, 2.45) is 0 Å². The fourth-order valence-electron chi connectivity index (χ4n) is 4.76. The zero-order valence-electron chi connectivity index (χ0n) is 26.1. The number of carbonyl (C=O) groups excluding carboxylic acids is 2. The van der Waals surface area contributed by atoms with Crippen LogP contribution in [-0.4, -0.2) is 64.5 Å². The molecular formula is C33H43N3O6S. The van der Waals surface area contributed by atoms with Crippen molar-refractivity contribution >= 4 is 27.5 Å². The van der Waals surface area contributed by atoms with Crippen LogP contribution in [0.15, 0.2) is 71.6 Å². The van der Waals surface area contributed by atoms with Gasteiger partial charge in [0.05, 0.1) is 24.8 Å². The van der Waals surface area contributed by atoms with Gasteiger partial charge < -0.3 is 19.7 Å². The van der Waals surface area contributed by atoms with Crippen LogP contribution in [0.3, 0.4) is 0 Å². The number of hydrogen-bond acceptors (Lipinski definition) is 6. The summed E-state index contributed by atoms with van der Waals surface area (Å²) in [5.74, 6) is -0.166.